The standard InChI is InChI=1S/C24H19N3O3S/c1-2-30-24(29)20-19(16-11-7-4-8-12-16)17(14-25)21(26)27-22(28)18(31-23(20)27)13-15-9-5-3-6-10-15/h3-13,19H,2,26H2,1H3/b18-13-. The van der Waals surface area contributed by atoms with Gasteiger partial charge in [-0.05, 0) is 24.1 Å². The van der Waals surface area contributed by atoms with Gasteiger partial charge in [-0.2, -0.15) is 5.26 Å². The second-order valence-corrected chi connectivity index (χ2v) is 7.89. The van der Waals surface area contributed by atoms with Gasteiger partial charge in [0.1, 0.15) is 10.5 Å². The van der Waals surface area contributed by atoms with Crippen molar-refractivity contribution in [2.24, 2.45) is 5.73 Å². The van der Waals surface area contributed by atoms with Crippen molar-refractivity contribution in [1.82, 2.24) is 4.57 Å². The SMILES string of the molecule is CCOC(=O)C1=c2s/c(=C\c3ccccc3)c(=O)n2C(N)=C(C#N)C1c1ccccc1. The van der Waals surface area contributed by atoms with Gasteiger partial charge in [0.05, 0.1) is 34.3 Å². The smallest absolute Gasteiger partial charge is 0.338 e. The molecule has 0 saturated heterocycles. The highest BCUT2D eigenvalue weighted by atomic mass is 32.1. The highest BCUT2D eigenvalue weighted by Crippen LogP contribution is 2.36. The molecule has 0 radical (unpaired) electrons. The number of fused-ring (bicyclic) bond motifs is 1. The number of carbonyl (C=O) groups excluding carboxylic acids is 1. The molecule has 1 aliphatic heterocycles. The van der Waals surface area contributed by atoms with E-state index in [1.807, 2.05) is 60.7 Å². The quantitative estimate of drug-likeness (QED) is 0.639. The lowest BCUT2D eigenvalue weighted by Gasteiger charge is -2.24. The fraction of sp³-hybridized carbons (Fsp3) is 0.125. The number of carbonyl (C=O) groups is 1. The van der Waals surface area contributed by atoms with E-state index in [9.17, 15) is 14.9 Å². The van der Waals surface area contributed by atoms with Crippen LogP contribution in [-0.4, -0.2) is 17.1 Å². The maximum absolute atomic E-state index is 13.2. The van der Waals surface area contributed by atoms with Gasteiger partial charge in [-0.3, -0.25) is 9.36 Å². The molecule has 0 fully saturated rings. The molecule has 1 aliphatic rings. The highest BCUT2D eigenvalue weighted by molar-refractivity contribution is 7.07. The molecule has 31 heavy (non-hydrogen) atoms. The Morgan fingerprint density at radius 1 is 1.19 bits per heavy atom. The molecule has 6 nitrogen and oxygen atoms in total. The van der Waals surface area contributed by atoms with E-state index in [2.05, 4.69) is 6.07 Å². The molecule has 2 N–H and O–H groups in total. The van der Waals surface area contributed by atoms with Crippen LogP contribution in [0, 0.1) is 11.3 Å². The summed E-state index contributed by atoms with van der Waals surface area (Å²) < 4.78 is 7.37. The first kappa shape index (κ1) is 20.4. The molecule has 1 unspecified atom stereocenters. The Morgan fingerprint density at radius 2 is 1.84 bits per heavy atom. The number of thiazole rings is 1. The molecule has 3 aromatic rings. The molecule has 0 aliphatic carbocycles. The molecule has 2 aromatic carbocycles. The van der Waals surface area contributed by atoms with Crippen LogP contribution in [0.1, 0.15) is 24.0 Å². The zero-order valence-electron chi connectivity index (χ0n) is 16.7. The van der Waals surface area contributed by atoms with E-state index in [0.717, 1.165) is 11.1 Å². The van der Waals surface area contributed by atoms with Crippen molar-refractivity contribution in [3.05, 3.63) is 96.9 Å². The summed E-state index contributed by atoms with van der Waals surface area (Å²) in [5.74, 6) is -1.25. The molecule has 4 rings (SSSR count). The second-order valence-electron chi connectivity index (χ2n) is 6.86. The van der Waals surface area contributed by atoms with Gasteiger partial charge in [-0.25, -0.2) is 4.79 Å². The Bertz CT molecular complexity index is 1390. The van der Waals surface area contributed by atoms with Crippen LogP contribution in [0.4, 0.5) is 0 Å². The zero-order valence-corrected chi connectivity index (χ0v) is 17.6. The minimum Gasteiger partial charge on any atom is -0.463 e. The van der Waals surface area contributed by atoms with Crippen molar-refractivity contribution in [3.8, 4) is 6.07 Å². The van der Waals surface area contributed by atoms with Crippen LogP contribution in [0.5, 0.6) is 0 Å². The number of benzene rings is 2. The van der Waals surface area contributed by atoms with Gasteiger partial charge in [0.15, 0.2) is 0 Å². The van der Waals surface area contributed by atoms with Crippen LogP contribution in [-0.2, 0) is 9.53 Å². The van der Waals surface area contributed by atoms with Crippen molar-refractivity contribution in [3.63, 3.8) is 0 Å². The summed E-state index contributed by atoms with van der Waals surface area (Å²) >= 11 is 1.17. The van der Waals surface area contributed by atoms with E-state index in [-0.39, 0.29) is 29.1 Å². The first-order valence-corrected chi connectivity index (χ1v) is 10.5. The van der Waals surface area contributed by atoms with Gasteiger partial charge in [-0.15, -0.1) is 11.3 Å². The number of aromatic nitrogens is 1. The number of ether oxygens (including phenoxy) is 1. The van der Waals surface area contributed by atoms with Crippen molar-refractivity contribution in [1.29, 1.82) is 5.26 Å². The molecule has 154 valence electrons. The molecular formula is C24H19N3O3S. The first-order chi connectivity index (χ1) is 15.1. The highest BCUT2D eigenvalue weighted by Gasteiger charge is 2.36. The lowest BCUT2D eigenvalue weighted by Crippen LogP contribution is -2.40. The Hall–Kier alpha value is -3.89. The average molecular weight is 430 g/mol. The number of nitrogens with two attached hydrogens (primary N) is 1. The number of hydrogen-bond donors (Lipinski definition) is 1. The number of hydrogen-bond acceptors (Lipinski definition) is 6. The van der Waals surface area contributed by atoms with Gasteiger partial charge in [-0.1, -0.05) is 60.7 Å². The molecule has 1 aromatic heterocycles. The van der Waals surface area contributed by atoms with E-state index in [0.29, 0.717) is 9.20 Å². The first-order valence-electron chi connectivity index (χ1n) is 9.71. The molecule has 0 amide bonds. The summed E-state index contributed by atoms with van der Waals surface area (Å²) in [6, 6.07) is 20.7. The molecule has 0 spiro atoms. The molecule has 2 heterocycles. The Kier molecular flexibility index (Phi) is 5.56. The predicted molar refractivity (Wildman–Crippen MR) is 120 cm³/mol. The summed E-state index contributed by atoms with van der Waals surface area (Å²) in [5, 5.41) is 9.91. The summed E-state index contributed by atoms with van der Waals surface area (Å²) in [5.41, 5.74) is 7.91. The lowest BCUT2D eigenvalue weighted by molar-refractivity contribution is -0.136. The Morgan fingerprint density at radius 3 is 2.45 bits per heavy atom. The minimum atomic E-state index is -0.715. The van der Waals surface area contributed by atoms with E-state index >= 15 is 0 Å². The third kappa shape index (κ3) is 3.58. The molecule has 7 heteroatoms. The maximum atomic E-state index is 13.2. The second kappa shape index (κ2) is 8.46. The zero-order chi connectivity index (χ0) is 22.0. The van der Waals surface area contributed by atoms with Gasteiger partial charge in [0.25, 0.3) is 5.56 Å². The van der Waals surface area contributed by atoms with E-state index in [1.165, 1.54) is 15.9 Å². The van der Waals surface area contributed by atoms with Crippen LogP contribution in [0.15, 0.2) is 71.0 Å². The van der Waals surface area contributed by atoms with Crippen LogP contribution < -0.4 is 20.5 Å². The Balaban J connectivity index is 2.10. The van der Waals surface area contributed by atoms with Crippen molar-refractivity contribution >= 4 is 34.8 Å². The summed E-state index contributed by atoms with van der Waals surface area (Å²) in [7, 11) is 0. The van der Waals surface area contributed by atoms with Crippen molar-refractivity contribution in [2.75, 3.05) is 6.61 Å². The Labute approximate surface area is 182 Å². The van der Waals surface area contributed by atoms with Crippen LogP contribution in [0.25, 0.3) is 17.5 Å². The van der Waals surface area contributed by atoms with Crippen molar-refractivity contribution < 1.29 is 9.53 Å². The molecular weight excluding hydrogens is 410 g/mol. The number of esters is 1. The van der Waals surface area contributed by atoms with E-state index in [4.69, 9.17) is 10.5 Å². The number of allylic oxidation sites excluding steroid dienone is 1. The number of rotatable bonds is 4. The van der Waals surface area contributed by atoms with Crippen molar-refractivity contribution in [2.45, 2.75) is 12.8 Å². The van der Waals surface area contributed by atoms with Gasteiger partial charge >= 0.3 is 5.97 Å². The number of nitriles is 1. The largest absolute Gasteiger partial charge is 0.463 e. The fourth-order valence-corrected chi connectivity index (χ4v) is 4.80. The monoisotopic (exact) mass is 429 g/mol. The predicted octanol–water partition coefficient (Wildman–Crippen LogP) is 1.90. The lowest BCUT2D eigenvalue weighted by atomic mass is 9.84. The molecule has 0 bridgehead atoms. The fourth-order valence-electron chi connectivity index (χ4n) is 3.63. The van der Waals surface area contributed by atoms with Crippen LogP contribution in [0.3, 0.4) is 0 Å². The maximum Gasteiger partial charge on any atom is 0.338 e. The third-order valence-corrected chi connectivity index (χ3v) is 6.10. The van der Waals surface area contributed by atoms with E-state index in [1.54, 1.807) is 13.0 Å². The van der Waals surface area contributed by atoms with E-state index < -0.39 is 11.9 Å². The van der Waals surface area contributed by atoms with Gasteiger partial charge < -0.3 is 10.5 Å². The minimum absolute atomic E-state index is 0.0355. The summed E-state index contributed by atoms with van der Waals surface area (Å²) in [6.07, 6.45) is 1.75. The van der Waals surface area contributed by atoms with Gasteiger partial charge in [0.2, 0.25) is 0 Å². The van der Waals surface area contributed by atoms with Gasteiger partial charge in [0, 0.05) is 0 Å². The topological polar surface area (TPSA) is 98.1 Å². The van der Waals surface area contributed by atoms with Crippen LogP contribution in [0.2, 0.25) is 0 Å². The third-order valence-electron chi connectivity index (χ3n) is 4.99. The molecule has 1 atom stereocenters. The number of nitrogens with zero attached hydrogens (tertiary/aromatic N) is 2. The summed E-state index contributed by atoms with van der Waals surface area (Å²) in [4.78, 5) is 26.3. The molecule has 0 saturated carbocycles. The summed E-state index contributed by atoms with van der Waals surface area (Å²) in [6.45, 7) is 1.88. The average Bonchev–Trinajstić information content (AvgIpc) is 3.11. The normalized spacial score (nSPS) is 16.1. The van der Waals surface area contributed by atoms with Crippen LogP contribution >= 0.6 is 11.3 Å².